The zero-order chi connectivity index (χ0) is 15.2. The Morgan fingerprint density at radius 2 is 1.86 bits per heavy atom. The molecule has 0 fully saturated rings. The third-order valence-electron chi connectivity index (χ3n) is 3.00. The van der Waals surface area contributed by atoms with Gasteiger partial charge in [0.15, 0.2) is 5.96 Å². The van der Waals surface area contributed by atoms with Crippen molar-refractivity contribution in [2.75, 3.05) is 24.8 Å². The summed E-state index contributed by atoms with van der Waals surface area (Å²) in [5, 5.41) is 10.8. The molecular weight excluding hydrogens is 397 g/mol. The number of nitrogens with one attached hydrogen (secondary N) is 2. The summed E-state index contributed by atoms with van der Waals surface area (Å²) >= 11 is 7.84. The molecule has 0 unspecified atom stereocenters. The second kappa shape index (κ2) is 7.66. The van der Waals surface area contributed by atoms with Gasteiger partial charge < -0.3 is 10.2 Å². The van der Waals surface area contributed by atoms with Crippen molar-refractivity contribution >= 4 is 45.8 Å². The van der Waals surface area contributed by atoms with Crippen molar-refractivity contribution < 1.29 is 0 Å². The summed E-state index contributed by atoms with van der Waals surface area (Å²) in [5.41, 5.74) is 3.78. The standard InChI is InChI=1S/C10H13ClIN3.C6H4/c1-15(6-5-11)10(13)14-9-4-2-3-8(12)7-9;1-2-5-4-6(5)3-1/h2-4,7H,5-6H2,1H3,(H2,13,14);1-4H. The van der Waals surface area contributed by atoms with Gasteiger partial charge in [0, 0.05) is 28.7 Å². The monoisotopic (exact) mass is 413 g/mol. The predicted octanol–water partition coefficient (Wildman–Crippen LogP) is 4.48. The Morgan fingerprint density at radius 1 is 1.19 bits per heavy atom. The van der Waals surface area contributed by atoms with E-state index in [1.165, 1.54) is 11.1 Å². The van der Waals surface area contributed by atoms with E-state index in [-0.39, 0.29) is 0 Å². The van der Waals surface area contributed by atoms with Crippen LogP contribution < -0.4 is 5.32 Å². The van der Waals surface area contributed by atoms with Crippen LogP contribution in [-0.2, 0) is 0 Å². The Labute approximate surface area is 144 Å². The Balaban J connectivity index is 0.000000218. The topological polar surface area (TPSA) is 39.1 Å². The zero-order valence-corrected chi connectivity index (χ0v) is 14.6. The maximum atomic E-state index is 7.76. The van der Waals surface area contributed by atoms with Gasteiger partial charge in [-0.1, -0.05) is 24.3 Å². The molecule has 5 heteroatoms. The van der Waals surface area contributed by atoms with E-state index >= 15 is 0 Å². The lowest BCUT2D eigenvalue weighted by atomic mass is 10.3. The number of fused-ring (bicyclic) bond motifs is 1. The molecule has 0 heterocycles. The first-order valence-corrected chi connectivity index (χ1v) is 8.20. The molecule has 0 aliphatic heterocycles. The maximum absolute atomic E-state index is 7.76. The van der Waals surface area contributed by atoms with Gasteiger partial charge in [0.1, 0.15) is 0 Å². The van der Waals surface area contributed by atoms with Crippen molar-refractivity contribution in [3.8, 4) is 11.1 Å². The van der Waals surface area contributed by atoms with Gasteiger partial charge in [0.2, 0.25) is 0 Å². The fourth-order valence-corrected chi connectivity index (χ4v) is 2.51. The molecule has 0 saturated carbocycles. The SMILES string of the molecule is CN(CCCl)C(=N)Nc1cccc(I)c1.c1cc2cc-2c1. The quantitative estimate of drug-likeness (QED) is 0.288. The Kier molecular flexibility index (Phi) is 5.87. The average molecular weight is 414 g/mol. The predicted molar refractivity (Wildman–Crippen MR) is 99.3 cm³/mol. The highest BCUT2D eigenvalue weighted by Crippen LogP contribution is 2.32. The summed E-state index contributed by atoms with van der Waals surface area (Å²) in [6.45, 7) is 0.664. The summed E-state index contributed by atoms with van der Waals surface area (Å²) in [5.74, 6) is 0.880. The summed E-state index contributed by atoms with van der Waals surface area (Å²) in [6.07, 6.45) is 0. The molecule has 1 aromatic rings. The van der Waals surface area contributed by atoms with Crippen LogP contribution in [0.5, 0.6) is 0 Å². The van der Waals surface area contributed by atoms with Crippen LogP contribution in [0, 0.1) is 8.98 Å². The molecule has 0 bridgehead atoms. The minimum atomic E-state index is 0.359. The van der Waals surface area contributed by atoms with Crippen LogP contribution in [0.1, 0.15) is 0 Å². The number of alkyl halides is 1. The number of halogens is 2. The Hall–Kier alpha value is -1.27. The Bertz CT molecular complexity index is 613. The van der Waals surface area contributed by atoms with Crippen LogP contribution >= 0.6 is 34.2 Å². The van der Waals surface area contributed by atoms with Gasteiger partial charge >= 0.3 is 0 Å². The molecule has 2 aliphatic carbocycles. The van der Waals surface area contributed by atoms with Crippen LogP contribution in [-0.4, -0.2) is 30.3 Å². The molecular formula is C16H17ClIN3. The Morgan fingerprint density at radius 3 is 2.33 bits per heavy atom. The van der Waals surface area contributed by atoms with E-state index in [1.807, 2.05) is 31.3 Å². The molecule has 1 aromatic carbocycles. The normalized spacial score (nSPS) is 10.2. The number of guanidine groups is 1. The van der Waals surface area contributed by atoms with Crippen molar-refractivity contribution in [1.82, 2.24) is 4.90 Å². The summed E-state index contributed by atoms with van der Waals surface area (Å²) in [6, 6.07) is 16.4. The van der Waals surface area contributed by atoms with Crippen LogP contribution in [0.25, 0.3) is 11.1 Å². The van der Waals surface area contributed by atoms with Crippen molar-refractivity contribution in [2.24, 2.45) is 0 Å². The van der Waals surface area contributed by atoms with Crippen LogP contribution in [0.3, 0.4) is 0 Å². The highest BCUT2D eigenvalue weighted by molar-refractivity contribution is 14.1. The fraction of sp³-hybridized carbons (Fsp3) is 0.188. The molecule has 2 aliphatic rings. The van der Waals surface area contributed by atoms with Crippen LogP contribution in [0.15, 0.2) is 48.5 Å². The average Bonchev–Trinajstić information content (AvgIpc) is 3.06. The molecule has 3 rings (SSSR count). The fourth-order valence-electron chi connectivity index (χ4n) is 1.71. The van der Waals surface area contributed by atoms with Crippen LogP contribution in [0.4, 0.5) is 5.69 Å². The van der Waals surface area contributed by atoms with Crippen molar-refractivity contribution in [2.45, 2.75) is 0 Å². The van der Waals surface area contributed by atoms with E-state index in [0.717, 1.165) is 9.26 Å². The van der Waals surface area contributed by atoms with Crippen LogP contribution in [0.2, 0.25) is 0 Å². The van der Waals surface area contributed by atoms with E-state index in [4.69, 9.17) is 17.0 Å². The lowest BCUT2D eigenvalue weighted by Gasteiger charge is -2.19. The number of hydrogen-bond acceptors (Lipinski definition) is 1. The minimum absolute atomic E-state index is 0.359. The third kappa shape index (κ3) is 5.21. The van der Waals surface area contributed by atoms with Crippen molar-refractivity contribution in [3.05, 3.63) is 52.1 Å². The van der Waals surface area contributed by atoms with Gasteiger partial charge in [-0.25, -0.2) is 0 Å². The van der Waals surface area contributed by atoms with E-state index < -0.39 is 0 Å². The molecule has 21 heavy (non-hydrogen) atoms. The van der Waals surface area contributed by atoms with E-state index in [0.29, 0.717) is 18.4 Å². The van der Waals surface area contributed by atoms with Gasteiger partial charge in [0.05, 0.1) is 0 Å². The third-order valence-corrected chi connectivity index (χ3v) is 3.84. The molecule has 0 amide bonds. The number of hydrogen-bond donors (Lipinski definition) is 2. The summed E-state index contributed by atoms with van der Waals surface area (Å²) in [4.78, 5) is 1.77. The highest BCUT2D eigenvalue weighted by atomic mass is 127. The number of benzene rings is 2. The van der Waals surface area contributed by atoms with Gasteiger partial charge in [0.25, 0.3) is 0 Å². The van der Waals surface area contributed by atoms with E-state index in [1.54, 1.807) is 4.90 Å². The molecule has 110 valence electrons. The minimum Gasteiger partial charge on any atom is -0.345 e. The van der Waals surface area contributed by atoms with Crippen molar-refractivity contribution in [1.29, 1.82) is 5.41 Å². The molecule has 0 saturated heterocycles. The molecule has 0 atom stereocenters. The molecule has 2 N–H and O–H groups in total. The second-order valence-electron chi connectivity index (χ2n) is 4.68. The second-order valence-corrected chi connectivity index (χ2v) is 6.30. The number of anilines is 1. The maximum Gasteiger partial charge on any atom is 0.195 e. The largest absolute Gasteiger partial charge is 0.345 e. The van der Waals surface area contributed by atoms with Gasteiger partial charge in [-0.3, -0.25) is 5.41 Å². The van der Waals surface area contributed by atoms with Crippen molar-refractivity contribution in [3.63, 3.8) is 0 Å². The number of nitrogens with zero attached hydrogens (tertiary/aromatic N) is 1. The van der Waals surface area contributed by atoms with Gasteiger partial charge in [-0.05, 0) is 58.0 Å². The first-order chi connectivity index (χ1) is 10.1. The molecule has 0 spiro atoms. The highest BCUT2D eigenvalue weighted by Gasteiger charge is 2.07. The number of rotatable bonds is 3. The van der Waals surface area contributed by atoms with E-state index in [9.17, 15) is 0 Å². The van der Waals surface area contributed by atoms with Gasteiger partial charge in [-0.15, -0.1) is 11.6 Å². The lowest BCUT2D eigenvalue weighted by Crippen LogP contribution is -2.33. The smallest absolute Gasteiger partial charge is 0.195 e. The lowest BCUT2D eigenvalue weighted by molar-refractivity contribution is 0.533. The summed E-state index contributed by atoms with van der Waals surface area (Å²) in [7, 11) is 1.84. The molecule has 0 aromatic heterocycles. The van der Waals surface area contributed by atoms with E-state index in [2.05, 4.69) is 52.2 Å². The first-order valence-electron chi connectivity index (χ1n) is 6.59. The zero-order valence-electron chi connectivity index (χ0n) is 11.7. The first kappa shape index (κ1) is 16.1. The molecule has 3 nitrogen and oxygen atoms in total. The molecule has 0 radical (unpaired) electrons. The van der Waals surface area contributed by atoms with Gasteiger partial charge in [-0.2, -0.15) is 0 Å². The summed E-state index contributed by atoms with van der Waals surface area (Å²) < 4.78 is 1.14.